The molecule has 0 fully saturated rings. The Kier molecular flexibility index (Phi) is 5.51. The van der Waals surface area contributed by atoms with Gasteiger partial charge in [-0.25, -0.2) is 0 Å². The van der Waals surface area contributed by atoms with E-state index >= 15 is 0 Å². The first kappa shape index (κ1) is 15.7. The Morgan fingerprint density at radius 2 is 1.38 bits per heavy atom. The number of aliphatic imine (C=N–C) groups is 1. The molecule has 110 valence electrons. The molecule has 0 spiro atoms. The number of para-hydroxylation sites is 1. The van der Waals surface area contributed by atoms with Crippen molar-refractivity contribution in [3.05, 3.63) is 60.2 Å². The van der Waals surface area contributed by atoms with E-state index in [9.17, 15) is 0 Å². The molecule has 0 aliphatic rings. The maximum Gasteiger partial charge on any atom is 0.0867 e. The number of benzene rings is 2. The molecule has 0 aliphatic carbocycles. The number of rotatable bonds is 6. The van der Waals surface area contributed by atoms with Gasteiger partial charge in [0.15, 0.2) is 0 Å². The molecule has 2 rings (SSSR count). The molecular weight excluding hydrogens is 270 g/mol. The van der Waals surface area contributed by atoms with E-state index in [0.29, 0.717) is 0 Å². The minimum Gasteiger partial charge on any atom is -0.256 e. The van der Waals surface area contributed by atoms with Gasteiger partial charge < -0.3 is 0 Å². The van der Waals surface area contributed by atoms with Crippen molar-refractivity contribution < 1.29 is 0 Å². The van der Waals surface area contributed by atoms with Crippen LogP contribution in [0.5, 0.6) is 0 Å². The normalized spacial score (nSPS) is 12.0. The average molecular weight is 296 g/mol. The zero-order chi connectivity index (χ0) is 15.1. The van der Waals surface area contributed by atoms with E-state index in [4.69, 9.17) is 0 Å². The van der Waals surface area contributed by atoms with Crippen LogP contribution in [0.25, 0.3) is 0 Å². The van der Waals surface area contributed by atoms with Crippen molar-refractivity contribution in [3.63, 3.8) is 0 Å². The fourth-order valence-electron chi connectivity index (χ4n) is 3.07. The molecule has 0 saturated carbocycles. The lowest BCUT2D eigenvalue weighted by Crippen LogP contribution is -2.47. The smallest absolute Gasteiger partial charge is 0.0867 e. The van der Waals surface area contributed by atoms with Crippen molar-refractivity contribution in [3.8, 4) is 0 Å². The zero-order valence-electron chi connectivity index (χ0n) is 13.3. The monoisotopic (exact) mass is 295 g/mol. The largest absolute Gasteiger partial charge is 0.256 e. The zero-order valence-corrected chi connectivity index (χ0v) is 14.3. The van der Waals surface area contributed by atoms with E-state index in [-0.39, 0.29) is 0 Å². The molecule has 2 heteroatoms. The molecule has 0 atom stereocenters. The third-order valence-corrected chi connectivity index (χ3v) is 10.3. The van der Waals surface area contributed by atoms with Gasteiger partial charge in [0.25, 0.3) is 0 Å². The minimum atomic E-state index is -1.37. The van der Waals surface area contributed by atoms with E-state index in [2.05, 4.69) is 50.0 Å². The van der Waals surface area contributed by atoms with E-state index in [1.165, 1.54) is 23.7 Å². The Morgan fingerprint density at radius 3 is 2.00 bits per heavy atom. The van der Waals surface area contributed by atoms with Crippen LogP contribution in [0.4, 0.5) is 5.69 Å². The van der Waals surface area contributed by atoms with Gasteiger partial charge in [-0.3, -0.25) is 4.99 Å². The summed E-state index contributed by atoms with van der Waals surface area (Å²) in [6.07, 6.45) is 2.05. The van der Waals surface area contributed by atoms with Crippen LogP contribution in [0.2, 0.25) is 18.1 Å². The summed E-state index contributed by atoms with van der Waals surface area (Å²) in [5, 5.41) is 1.57. The van der Waals surface area contributed by atoms with Gasteiger partial charge in [-0.15, -0.1) is 0 Å². The molecule has 21 heavy (non-hydrogen) atoms. The lowest BCUT2D eigenvalue weighted by Gasteiger charge is -2.30. The summed E-state index contributed by atoms with van der Waals surface area (Å²) in [5.74, 6) is 0. The Bertz CT molecular complexity index is 577. The number of hydrogen-bond acceptors (Lipinski definition) is 1. The van der Waals surface area contributed by atoms with Gasteiger partial charge in [-0.05, 0) is 17.7 Å². The van der Waals surface area contributed by atoms with Crippen molar-refractivity contribution in [2.24, 2.45) is 4.99 Å². The fourth-order valence-corrected chi connectivity index (χ4v) is 6.92. The van der Waals surface area contributed by atoms with Crippen molar-refractivity contribution >= 4 is 25.2 Å². The lowest BCUT2D eigenvalue weighted by atomic mass is 10.2. The van der Waals surface area contributed by atoms with Crippen LogP contribution < -0.4 is 5.19 Å². The predicted octanol–water partition coefficient (Wildman–Crippen LogP) is 5.15. The van der Waals surface area contributed by atoms with Gasteiger partial charge in [0.2, 0.25) is 0 Å². The van der Waals surface area contributed by atoms with Gasteiger partial charge in [-0.2, -0.15) is 0 Å². The first-order valence-electron chi connectivity index (χ1n) is 7.94. The van der Waals surface area contributed by atoms with Crippen LogP contribution >= 0.6 is 0 Å². The van der Waals surface area contributed by atoms with Crippen LogP contribution in [0.15, 0.2) is 59.6 Å². The van der Waals surface area contributed by atoms with Gasteiger partial charge in [-0.1, -0.05) is 86.6 Å². The summed E-state index contributed by atoms with van der Waals surface area (Å²) >= 11 is 0. The molecule has 0 N–H and O–H groups in total. The summed E-state index contributed by atoms with van der Waals surface area (Å²) in [7, 11) is -1.37. The van der Waals surface area contributed by atoms with E-state index in [1.807, 2.05) is 36.5 Å². The highest BCUT2D eigenvalue weighted by atomic mass is 28.3. The van der Waals surface area contributed by atoms with Crippen molar-refractivity contribution in [1.29, 1.82) is 0 Å². The molecule has 0 aromatic heterocycles. The van der Waals surface area contributed by atoms with Crippen LogP contribution in [0.3, 0.4) is 0 Å². The summed E-state index contributed by atoms with van der Waals surface area (Å²) in [6.45, 7) is 7.05. The maximum atomic E-state index is 4.65. The van der Waals surface area contributed by atoms with Crippen LogP contribution in [0, 0.1) is 0 Å². The molecule has 0 aliphatic heterocycles. The topological polar surface area (TPSA) is 12.4 Å². The highest BCUT2D eigenvalue weighted by Crippen LogP contribution is 2.21. The second-order valence-corrected chi connectivity index (χ2v) is 10.7. The van der Waals surface area contributed by atoms with Gasteiger partial charge in [0, 0.05) is 6.21 Å². The molecule has 0 amide bonds. The first-order chi connectivity index (χ1) is 10.3. The Balaban J connectivity index is 2.39. The van der Waals surface area contributed by atoms with Crippen molar-refractivity contribution in [2.75, 3.05) is 0 Å². The average Bonchev–Trinajstić information content (AvgIpc) is 2.57. The maximum absolute atomic E-state index is 4.65. The lowest BCUT2D eigenvalue weighted by molar-refractivity contribution is 1.19. The molecule has 0 radical (unpaired) electrons. The summed E-state index contributed by atoms with van der Waals surface area (Å²) in [6, 6.07) is 22.9. The Morgan fingerprint density at radius 1 is 0.810 bits per heavy atom. The predicted molar refractivity (Wildman–Crippen MR) is 97.0 cm³/mol. The van der Waals surface area contributed by atoms with E-state index in [1.54, 1.807) is 5.19 Å². The molecule has 2 aromatic carbocycles. The quantitative estimate of drug-likeness (QED) is 0.516. The minimum absolute atomic E-state index is 1.02. The van der Waals surface area contributed by atoms with Crippen LogP contribution in [0.1, 0.15) is 26.3 Å². The summed E-state index contributed by atoms with van der Waals surface area (Å²) in [4.78, 5) is 4.65. The molecule has 0 unspecified atom stereocenters. The molecule has 0 heterocycles. The second kappa shape index (κ2) is 7.37. The summed E-state index contributed by atoms with van der Waals surface area (Å²) < 4.78 is 0. The second-order valence-electron chi connectivity index (χ2n) is 5.52. The molecule has 0 saturated heterocycles. The Labute approximate surface area is 129 Å². The van der Waals surface area contributed by atoms with Crippen LogP contribution in [-0.4, -0.2) is 14.3 Å². The fraction of sp³-hybridized carbons (Fsp3) is 0.316. The van der Waals surface area contributed by atoms with Crippen LogP contribution in [-0.2, 0) is 0 Å². The molecule has 1 nitrogen and oxygen atoms in total. The third kappa shape index (κ3) is 3.51. The third-order valence-electron chi connectivity index (χ3n) is 4.67. The van der Waals surface area contributed by atoms with E-state index in [0.717, 1.165) is 5.69 Å². The SMILES string of the molecule is CC[Si](CC)(CC)c1ccccc1C=Nc1ccccc1. The highest BCUT2D eigenvalue weighted by Gasteiger charge is 2.30. The van der Waals surface area contributed by atoms with Gasteiger partial charge in [0.1, 0.15) is 0 Å². The first-order valence-corrected chi connectivity index (χ1v) is 10.6. The standard InChI is InChI=1S/C19H25NSi/c1-4-21(5-2,6-3)19-15-11-10-12-17(19)16-20-18-13-8-7-9-14-18/h7-16H,4-6H2,1-3H3. The van der Waals surface area contributed by atoms with Crippen molar-refractivity contribution in [1.82, 2.24) is 0 Å². The highest BCUT2D eigenvalue weighted by molar-refractivity contribution is 6.92. The number of hydrogen-bond donors (Lipinski definition) is 0. The molecule has 2 aromatic rings. The van der Waals surface area contributed by atoms with Gasteiger partial charge in [0.05, 0.1) is 13.8 Å². The van der Waals surface area contributed by atoms with E-state index < -0.39 is 8.07 Å². The molecular formula is C19H25NSi. The summed E-state index contributed by atoms with van der Waals surface area (Å²) in [5.41, 5.74) is 2.32. The van der Waals surface area contributed by atoms with Gasteiger partial charge >= 0.3 is 0 Å². The molecule has 0 bridgehead atoms. The van der Waals surface area contributed by atoms with Crippen molar-refractivity contribution in [2.45, 2.75) is 38.9 Å². The number of nitrogens with zero attached hydrogens (tertiary/aromatic N) is 1. The Hall–Kier alpha value is -1.67.